The largest absolute Gasteiger partial charge is 0.392 e. The molecule has 1 nitrogen and oxygen atoms in total. The Morgan fingerprint density at radius 3 is 2.19 bits per heavy atom. The van der Waals surface area contributed by atoms with Crippen LogP contribution in [0.25, 0.3) is 0 Å². The van der Waals surface area contributed by atoms with Crippen LogP contribution in [0.4, 0.5) is 0 Å². The summed E-state index contributed by atoms with van der Waals surface area (Å²) in [7, 11) is 0. The zero-order chi connectivity index (χ0) is 16.4. The van der Waals surface area contributed by atoms with Crippen LogP contribution in [0.3, 0.4) is 0 Å². The lowest BCUT2D eigenvalue weighted by Crippen LogP contribution is -2.22. The van der Waals surface area contributed by atoms with Gasteiger partial charge in [-0.1, -0.05) is 54.2 Å². The zero-order valence-electron chi connectivity index (χ0n) is 14.9. The highest BCUT2D eigenvalue weighted by Crippen LogP contribution is 2.41. The van der Waals surface area contributed by atoms with E-state index in [0.29, 0.717) is 5.25 Å². The van der Waals surface area contributed by atoms with Crippen molar-refractivity contribution in [2.45, 2.75) is 67.1 Å². The van der Waals surface area contributed by atoms with Crippen molar-refractivity contribution in [3.63, 3.8) is 0 Å². The van der Waals surface area contributed by atoms with Crippen molar-refractivity contribution < 1.29 is 0 Å². The summed E-state index contributed by atoms with van der Waals surface area (Å²) >= 11 is 1.96. The SMILES string of the molecule is CCC(SC1=C(C)C(N)=C=CC(C(C)(C)C)=C1)C(C)(C)C. The van der Waals surface area contributed by atoms with Gasteiger partial charge in [0.25, 0.3) is 0 Å². The number of nitrogens with two attached hydrogens (primary N) is 1. The highest BCUT2D eigenvalue weighted by atomic mass is 32.2. The number of allylic oxidation sites excluding steroid dienone is 3. The van der Waals surface area contributed by atoms with Gasteiger partial charge in [-0.05, 0) is 47.5 Å². The monoisotopic (exact) mass is 305 g/mol. The second-order valence-electron chi connectivity index (χ2n) is 7.92. The molecule has 0 aromatic heterocycles. The summed E-state index contributed by atoms with van der Waals surface area (Å²) in [4.78, 5) is 1.29. The molecule has 0 saturated heterocycles. The molecule has 0 radical (unpaired) electrons. The third-order valence-corrected chi connectivity index (χ3v) is 5.92. The summed E-state index contributed by atoms with van der Waals surface area (Å²) in [6.45, 7) is 18.0. The fourth-order valence-electron chi connectivity index (χ4n) is 2.27. The van der Waals surface area contributed by atoms with Gasteiger partial charge in [-0.2, -0.15) is 0 Å². The lowest BCUT2D eigenvalue weighted by molar-refractivity contribution is 0.388. The summed E-state index contributed by atoms with van der Waals surface area (Å²) in [5.41, 5.74) is 13.0. The van der Waals surface area contributed by atoms with Crippen LogP contribution >= 0.6 is 11.8 Å². The maximum atomic E-state index is 6.17. The molecule has 2 N–H and O–H groups in total. The van der Waals surface area contributed by atoms with Gasteiger partial charge in [0.2, 0.25) is 0 Å². The van der Waals surface area contributed by atoms with E-state index in [1.807, 2.05) is 17.8 Å². The molecule has 21 heavy (non-hydrogen) atoms. The highest BCUT2D eigenvalue weighted by molar-refractivity contribution is 8.03. The molecule has 0 spiro atoms. The van der Waals surface area contributed by atoms with Gasteiger partial charge >= 0.3 is 0 Å². The van der Waals surface area contributed by atoms with Crippen molar-refractivity contribution in [2.75, 3.05) is 0 Å². The quantitative estimate of drug-likeness (QED) is 0.667. The molecule has 1 aliphatic rings. The Kier molecular flexibility index (Phi) is 5.63. The smallest absolute Gasteiger partial charge is 0.0788 e. The predicted molar refractivity (Wildman–Crippen MR) is 97.1 cm³/mol. The van der Waals surface area contributed by atoms with Crippen LogP contribution in [-0.2, 0) is 0 Å². The lowest BCUT2D eigenvalue weighted by atomic mass is 9.86. The van der Waals surface area contributed by atoms with E-state index in [-0.39, 0.29) is 10.8 Å². The third-order valence-electron chi connectivity index (χ3n) is 3.92. The molecule has 0 aromatic rings. The van der Waals surface area contributed by atoms with Gasteiger partial charge in [-0.15, -0.1) is 11.8 Å². The van der Waals surface area contributed by atoms with E-state index in [2.05, 4.69) is 67.2 Å². The van der Waals surface area contributed by atoms with Gasteiger partial charge in [-0.25, -0.2) is 0 Å². The van der Waals surface area contributed by atoms with Crippen molar-refractivity contribution in [1.29, 1.82) is 0 Å². The molecule has 0 fully saturated rings. The first-order chi connectivity index (χ1) is 9.46. The molecule has 0 aromatic carbocycles. The first-order valence-corrected chi connectivity index (χ1v) is 8.67. The van der Waals surface area contributed by atoms with Crippen molar-refractivity contribution >= 4 is 11.8 Å². The summed E-state index contributed by atoms with van der Waals surface area (Å²) in [5, 5.41) is 0.575. The molecule has 0 saturated carbocycles. The van der Waals surface area contributed by atoms with E-state index in [0.717, 1.165) is 17.7 Å². The van der Waals surface area contributed by atoms with Crippen molar-refractivity contribution in [3.8, 4) is 0 Å². The predicted octanol–water partition coefficient (Wildman–Crippen LogP) is 5.80. The van der Waals surface area contributed by atoms with Crippen molar-refractivity contribution in [3.05, 3.63) is 39.6 Å². The molecule has 0 bridgehead atoms. The highest BCUT2D eigenvalue weighted by Gasteiger charge is 2.26. The van der Waals surface area contributed by atoms with E-state index in [1.54, 1.807) is 0 Å². The average Bonchev–Trinajstić information content (AvgIpc) is 2.46. The Bertz CT molecular complexity index is 515. The summed E-state index contributed by atoms with van der Waals surface area (Å²) in [6, 6.07) is 0. The lowest BCUT2D eigenvalue weighted by Gasteiger charge is -2.30. The Hall–Kier alpha value is -0.850. The van der Waals surface area contributed by atoms with Crippen molar-refractivity contribution in [1.82, 2.24) is 0 Å². The second-order valence-corrected chi connectivity index (χ2v) is 9.17. The van der Waals surface area contributed by atoms with Gasteiger partial charge in [0.15, 0.2) is 0 Å². The molecular formula is C19H31NS. The van der Waals surface area contributed by atoms with Gasteiger partial charge in [0.05, 0.1) is 5.70 Å². The molecule has 1 aliphatic carbocycles. The molecule has 0 heterocycles. The molecule has 118 valence electrons. The second kappa shape index (κ2) is 6.50. The topological polar surface area (TPSA) is 26.0 Å². The zero-order valence-corrected chi connectivity index (χ0v) is 15.7. The van der Waals surface area contributed by atoms with Crippen LogP contribution < -0.4 is 5.73 Å². The van der Waals surface area contributed by atoms with Crippen LogP contribution in [0, 0.1) is 10.8 Å². The number of hydrogen-bond acceptors (Lipinski definition) is 2. The fraction of sp³-hybridized carbons (Fsp3) is 0.632. The first-order valence-electron chi connectivity index (χ1n) is 7.79. The van der Waals surface area contributed by atoms with Crippen LogP contribution in [0.5, 0.6) is 0 Å². The van der Waals surface area contributed by atoms with E-state index in [4.69, 9.17) is 5.73 Å². The summed E-state index contributed by atoms with van der Waals surface area (Å²) in [6.07, 6.45) is 5.51. The maximum Gasteiger partial charge on any atom is 0.0788 e. The number of rotatable bonds is 3. The normalized spacial score (nSPS) is 18.3. The standard InChI is InChI=1S/C19H31NS/c1-9-17(19(6,7)8)21-16-12-14(18(3,4)5)10-11-15(20)13(16)2/h10,12,17H,9,20H2,1-8H3. The van der Waals surface area contributed by atoms with Crippen LogP contribution in [-0.4, -0.2) is 5.25 Å². The minimum atomic E-state index is 0.104. The Labute approximate surface area is 135 Å². The molecule has 1 atom stereocenters. The minimum Gasteiger partial charge on any atom is -0.392 e. The Balaban J connectivity index is 3.26. The molecule has 0 amide bonds. The number of hydrogen-bond donors (Lipinski definition) is 1. The maximum absolute atomic E-state index is 6.17. The van der Waals surface area contributed by atoms with E-state index >= 15 is 0 Å². The fourth-order valence-corrected chi connectivity index (χ4v) is 3.58. The molecule has 1 unspecified atom stereocenters. The number of thioether (sulfide) groups is 1. The first kappa shape index (κ1) is 18.2. The van der Waals surface area contributed by atoms with E-state index < -0.39 is 0 Å². The van der Waals surface area contributed by atoms with E-state index in [9.17, 15) is 0 Å². The minimum absolute atomic E-state index is 0.104. The third kappa shape index (κ3) is 4.83. The van der Waals surface area contributed by atoms with Gasteiger partial charge in [0.1, 0.15) is 0 Å². The summed E-state index contributed by atoms with van der Waals surface area (Å²) in [5.74, 6) is 0. The molecule has 1 rings (SSSR count). The Morgan fingerprint density at radius 2 is 1.76 bits per heavy atom. The van der Waals surface area contributed by atoms with Crippen LogP contribution in [0.1, 0.15) is 61.8 Å². The molecular weight excluding hydrogens is 274 g/mol. The van der Waals surface area contributed by atoms with Gasteiger partial charge < -0.3 is 5.73 Å². The Morgan fingerprint density at radius 1 is 1.19 bits per heavy atom. The van der Waals surface area contributed by atoms with Gasteiger partial charge in [0, 0.05) is 10.2 Å². The molecule has 2 heteroatoms. The van der Waals surface area contributed by atoms with E-state index in [1.165, 1.54) is 10.5 Å². The van der Waals surface area contributed by atoms with Crippen LogP contribution in [0.2, 0.25) is 0 Å². The average molecular weight is 306 g/mol. The van der Waals surface area contributed by atoms with Gasteiger partial charge in [-0.3, -0.25) is 0 Å². The van der Waals surface area contributed by atoms with Crippen LogP contribution in [0.15, 0.2) is 39.6 Å². The van der Waals surface area contributed by atoms with Crippen molar-refractivity contribution in [2.24, 2.45) is 16.6 Å². The molecule has 0 aliphatic heterocycles. The summed E-state index contributed by atoms with van der Waals surface area (Å²) < 4.78 is 0.